The average molecular weight is 350 g/mol. The van der Waals surface area contributed by atoms with Crippen LogP contribution in [-0.4, -0.2) is 30.7 Å². The van der Waals surface area contributed by atoms with Crippen molar-refractivity contribution in [1.29, 1.82) is 0 Å². The highest BCUT2D eigenvalue weighted by atomic mass is 19.1. The predicted octanol–water partition coefficient (Wildman–Crippen LogP) is 2.83. The highest BCUT2D eigenvalue weighted by molar-refractivity contribution is 6.04. The molecular weight excluding hydrogens is 335 g/mol. The van der Waals surface area contributed by atoms with Crippen molar-refractivity contribution in [2.45, 2.75) is 13.6 Å². The molecule has 0 spiro atoms. The van der Waals surface area contributed by atoms with E-state index in [1.165, 1.54) is 18.3 Å². The molecule has 0 saturated heterocycles. The van der Waals surface area contributed by atoms with Crippen molar-refractivity contribution in [2.24, 2.45) is 0 Å². The van der Waals surface area contributed by atoms with E-state index in [1.807, 2.05) is 24.3 Å². The van der Waals surface area contributed by atoms with Gasteiger partial charge in [-0.15, -0.1) is 5.10 Å². The van der Waals surface area contributed by atoms with Crippen molar-refractivity contribution in [3.63, 3.8) is 0 Å². The lowest BCUT2D eigenvalue weighted by atomic mass is 10.1. The molecule has 0 aliphatic heterocycles. The summed E-state index contributed by atoms with van der Waals surface area (Å²) < 4.78 is 17.1. The Hall–Kier alpha value is -3.55. The second-order valence-corrected chi connectivity index (χ2v) is 5.93. The Morgan fingerprint density at radius 1 is 1.23 bits per heavy atom. The summed E-state index contributed by atoms with van der Waals surface area (Å²) in [6.45, 7) is 2.14. The number of carbonyl (C=O) groups is 1. The summed E-state index contributed by atoms with van der Waals surface area (Å²) in [4.78, 5) is 12.3. The van der Waals surface area contributed by atoms with Gasteiger partial charge in [-0.25, -0.2) is 13.8 Å². The number of nitrogens with one attached hydrogen (secondary N) is 1. The van der Waals surface area contributed by atoms with E-state index in [-0.39, 0.29) is 5.56 Å². The number of anilines is 1. The molecule has 130 valence electrons. The number of carbonyl (C=O) groups excluding carboxylic acids is 1. The number of halogens is 1. The number of hydrogen-bond acceptors (Lipinski definition) is 4. The van der Waals surface area contributed by atoms with Gasteiger partial charge in [0.25, 0.3) is 5.91 Å². The van der Waals surface area contributed by atoms with Crippen LogP contribution in [-0.2, 0) is 6.67 Å². The van der Waals surface area contributed by atoms with Gasteiger partial charge in [-0.05, 0) is 31.2 Å². The van der Waals surface area contributed by atoms with Gasteiger partial charge in [0, 0.05) is 0 Å². The first-order valence-electron chi connectivity index (χ1n) is 7.98. The van der Waals surface area contributed by atoms with E-state index < -0.39 is 11.7 Å². The summed E-state index contributed by atoms with van der Waals surface area (Å²) in [6, 6.07) is 12.0. The highest BCUT2D eigenvalue weighted by Crippen LogP contribution is 2.14. The standard InChI is InChI=1S/C18H15FN6O/c1-12-6-7-15(19)14(8-12)18(26)21-13-9-20-24(10-13)11-25-17-5-3-2-4-16(17)22-23-25/h2-10H,11H2,1H3,(H,21,26). The maximum absolute atomic E-state index is 13.8. The van der Waals surface area contributed by atoms with Crippen molar-refractivity contribution >= 4 is 22.6 Å². The van der Waals surface area contributed by atoms with Gasteiger partial charge < -0.3 is 5.32 Å². The largest absolute Gasteiger partial charge is 0.319 e. The molecule has 0 atom stereocenters. The molecule has 8 heteroatoms. The van der Waals surface area contributed by atoms with E-state index in [4.69, 9.17) is 0 Å². The summed E-state index contributed by atoms with van der Waals surface area (Å²) in [5, 5.41) is 15.0. The lowest BCUT2D eigenvalue weighted by molar-refractivity contribution is 0.102. The van der Waals surface area contributed by atoms with Gasteiger partial charge in [0.05, 0.1) is 29.2 Å². The van der Waals surface area contributed by atoms with Gasteiger partial charge in [0.15, 0.2) is 0 Å². The van der Waals surface area contributed by atoms with Gasteiger partial charge in [-0.2, -0.15) is 5.10 Å². The molecule has 26 heavy (non-hydrogen) atoms. The van der Waals surface area contributed by atoms with Gasteiger partial charge in [-0.1, -0.05) is 29.0 Å². The normalized spacial score (nSPS) is 11.0. The van der Waals surface area contributed by atoms with E-state index in [0.29, 0.717) is 12.4 Å². The third-order valence-electron chi connectivity index (χ3n) is 3.96. The maximum Gasteiger partial charge on any atom is 0.258 e. The molecule has 0 radical (unpaired) electrons. The molecule has 0 bridgehead atoms. The highest BCUT2D eigenvalue weighted by Gasteiger charge is 2.13. The van der Waals surface area contributed by atoms with E-state index >= 15 is 0 Å². The fraction of sp³-hybridized carbons (Fsp3) is 0.111. The molecular formula is C18H15FN6O. The Morgan fingerprint density at radius 3 is 2.96 bits per heavy atom. The second kappa shape index (κ2) is 6.40. The smallest absolute Gasteiger partial charge is 0.258 e. The Kier molecular flexibility index (Phi) is 3.92. The fourth-order valence-electron chi connectivity index (χ4n) is 2.68. The minimum atomic E-state index is -0.561. The Bertz CT molecular complexity index is 1100. The molecule has 1 N–H and O–H groups in total. The summed E-state index contributed by atoms with van der Waals surface area (Å²) in [5.74, 6) is -1.08. The van der Waals surface area contributed by atoms with Crippen LogP contribution in [0.2, 0.25) is 0 Å². The van der Waals surface area contributed by atoms with Gasteiger partial charge >= 0.3 is 0 Å². The van der Waals surface area contributed by atoms with Crippen molar-refractivity contribution in [3.8, 4) is 0 Å². The van der Waals surface area contributed by atoms with Gasteiger partial charge in [0.1, 0.15) is 18.0 Å². The fourth-order valence-corrected chi connectivity index (χ4v) is 2.68. The molecule has 0 aliphatic rings. The molecule has 7 nitrogen and oxygen atoms in total. The summed E-state index contributed by atoms with van der Waals surface area (Å²) in [7, 11) is 0. The first-order valence-corrected chi connectivity index (χ1v) is 7.98. The van der Waals surface area contributed by atoms with Crippen LogP contribution in [0.3, 0.4) is 0 Å². The molecule has 2 aromatic heterocycles. The zero-order chi connectivity index (χ0) is 18.1. The van der Waals surface area contributed by atoms with Crippen LogP contribution in [0.15, 0.2) is 54.9 Å². The number of rotatable bonds is 4. The lowest BCUT2D eigenvalue weighted by Crippen LogP contribution is -2.14. The number of amides is 1. The van der Waals surface area contributed by atoms with E-state index in [9.17, 15) is 9.18 Å². The Labute approximate surface area is 148 Å². The topological polar surface area (TPSA) is 77.6 Å². The number of aromatic nitrogens is 5. The number of aryl methyl sites for hydroxylation is 1. The van der Waals surface area contributed by atoms with E-state index in [2.05, 4.69) is 20.7 Å². The molecule has 1 amide bonds. The van der Waals surface area contributed by atoms with Crippen molar-refractivity contribution in [3.05, 3.63) is 71.8 Å². The zero-order valence-corrected chi connectivity index (χ0v) is 13.9. The van der Waals surface area contributed by atoms with Crippen LogP contribution >= 0.6 is 0 Å². The van der Waals surface area contributed by atoms with Crippen LogP contribution in [0.4, 0.5) is 10.1 Å². The van der Waals surface area contributed by atoms with Crippen LogP contribution in [0.5, 0.6) is 0 Å². The van der Waals surface area contributed by atoms with Crippen LogP contribution in [0, 0.1) is 12.7 Å². The zero-order valence-electron chi connectivity index (χ0n) is 13.9. The van der Waals surface area contributed by atoms with E-state index in [0.717, 1.165) is 16.6 Å². The summed E-state index contributed by atoms with van der Waals surface area (Å²) in [6.07, 6.45) is 3.16. The SMILES string of the molecule is Cc1ccc(F)c(C(=O)Nc2cnn(Cn3nnc4ccccc43)c2)c1. The maximum atomic E-state index is 13.8. The van der Waals surface area contributed by atoms with Crippen molar-refractivity contribution in [1.82, 2.24) is 24.8 Å². The Morgan fingerprint density at radius 2 is 2.08 bits per heavy atom. The summed E-state index contributed by atoms with van der Waals surface area (Å²) in [5.41, 5.74) is 2.96. The molecule has 4 aromatic rings. The second-order valence-electron chi connectivity index (χ2n) is 5.93. The number of benzene rings is 2. The number of para-hydroxylation sites is 1. The van der Waals surface area contributed by atoms with Crippen LogP contribution < -0.4 is 5.32 Å². The molecule has 4 rings (SSSR count). The molecule has 0 unspecified atom stereocenters. The van der Waals surface area contributed by atoms with Crippen molar-refractivity contribution in [2.75, 3.05) is 5.32 Å². The first-order chi connectivity index (χ1) is 12.6. The number of fused-ring (bicyclic) bond motifs is 1. The molecule has 0 fully saturated rings. The first kappa shape index (κ1) is 15.9. The minimum absolute atomic E-state index is 0.0000188. The molecule has 2 aromatic carbocycles. The van der Waals surface area contributed by atoms with Crippen LogP contribution in [0.1, 0.15) is 15.9 Å². The van der Waals surface area contributed by atoms with Gasteiger partial charge in [0.2, 0.25) is 0 Å². The number of nitrogens with zero attached hydrogens (tertiary/aromatic N) is 5. The van der Waals surface area contributed by atoms with E-state index in [1.54, 1.807) is 28.6 Å². The Balaban J connectivity index is 1.51. The molecule has 0 saturated carbocycles. The quantitative estimate of drug-likeness (QED) is 0.614. The molecule has 0 aliphatic carbocycles. The lowest BCUT2D eigenvalue weighted by Gasteiger charge is -2.05. The van der Waals surface area contributed by atoms with Crippen LogP contribution in [0.25, 0.3) is 11.0 Å². The minimum Gasteiger partial charge on any atom is -0.319 e. The predicted molar refractivity (Wildman–Crippen MR) is 94.2 cm³/mol. The number of hydrogen-bond donors (Lipinski definition) is 1. The third kappa shape index (κ3) is 3.04. The van der Waals surface area contributed by atoms with Crippen molar-refractivity contribution < 1.29 is 9.18 Å². The summed E-state index contributed by atoms with van der Waals surface area (Å²) >= 11 is 0. The molecule has 2 heterocycles. The third-order valence-corrected chi connectivity index (χ3v) is 3.96. The van der Waals surface area contributed by atoms with Gasteiger partial charge in [-0.3, -0.25) is 4.79 Å². The average Bonchev–Trinajstić information content (AvgIpc) is 3.25. The monoisotopic (exact) mass is 350 g/mol.